The maximum Gasteiger partial charge on any atom is 0.360 e. The van der Waals surface area contributed by atoms with Gasteiger partial charge in [0.05, 0.1) is 6.61 Å². The predicted octanol–water partition coefficient (Wildman–Crippen LogP) is 3.95. The molecule has 1 aromatic heterocycles. The standard InChI is InChI=1S/C14H13ClN2O3S2/c1-3-20-13(19)10-12(22-14(16-10)21-2)17-11(18)8-4-6-9(15)7-5-8/h4-7H,3H2,1-2H3,(H,17,18). The predicted molar refractivity (Wildman–Crippen MR) is 89.3 cm³/mol. The summed E-state index contributed by atoms with van der Waals surface area (Å²) in [7, 11) is 0. The van der Waals surface area contributed by atoms with Crippen LogP contribution in [0.1, 0.15) is 27.8 Å². The number of hydrogen-bond acceptors (Lipinski definition) is 6. The zero-order chi connectivity index (χ0) is 16.1. The topological polar surface area (TPSA) is 68.3 Å². The number of amides is 1. The van der Waals surface area contributed by atoms with Crippen molar-refractivity contribution < 1.29 is 14.3 Å². The summed E-state index contributed by atoms with van der Waals surface area (Å²) in [5.41, 5.74) is 0.567. The number of carbonyl (C=O) groups is 2. The van der Waals surface area contributed by atoms with E-state index >= 15 is 0 Å². The van der Waals surface area contributed by atoms with Gasteiger partial charge in [0.15, 0.2) is 10.0 Å². The van der Waals surface area contributed by atoms with Crippen molar-refractivity contribution in [3.8, 4) is 0 Å². The minimum absolute atomic E-state index is 0.124. The van der Waals surface area contributed by atoms with Gasteiger partial charge in [-0.2, -0.15) is 0 Å². The third-order valence-corrected chi connectivity index (χ3v) is 4.79. The minimum atomic E-state index is -0.551. The van der Waals surface area contributed by atoms with Crippen molar-refractivity contribution in [1.29, 1.82) is 0 Å². The molecule has 0 aliphatic heterocycles. The number of aromatic nitrogens is 1. The number of carbonyl (C=O) groups excluding carboxylic acids is 2. The number of anilines is 1. The Morgan fingerprint density at radius 3 is 2.64 bits per heavy atom. The van der Waals surface area contributed by atoms with Crippen LogP contribution >= 0.6 is 34.7 Å². The van der Waals surface area contributed by atoms with Crippen LogP contribution in [-0.2, 0) is 4.74 Å². The summed E-state index contributed by atoms with van der Waals surface area (Å²) >= 11 is 8.42. The van der Waals surface area contributed by atoms with Gasteiger partial charge in [-0.3, -0.25) is 4.79 Å². The second-order valence-electron chi connectivity index (χ2n) is 4.04. The van der Waals surface area contributed by atoms with Gasteiger partial charge in [-0.25, -0.2) is 9.78 Å². The van der Waals surface area contributed by atoms with Gasteiger partial charge in [0.2, 0.25) is 0 Å². The van der Waals surface area contributed by atoms with Crippen molar-refractivity contribution in [2.45, 2.75) is 11.3 Å². The Bertz CT molecular complexity index is 686. The molecule has 8 heteroatoms. The second-order valence-corrected chi connectivity index (χ2v) is 6.53. The van der Waals surface area contributed by atoms with Crippen LogP contribution in [-0.4, -0.2) is 29.7 Å². The molecule has 0 spiro atoms. The van der Waals surface area contributed by atoms with Crippen LogP contribution < -0.4 is 5.32 Å². The molecule has 116 valence electrons. The smallest absolute Gasteiger partial charge is 0.360 e. The van der Waals surface area contributed by atoms with Crippen LogP contribution in [0.4, 0.5) is 5.00 Å². The molecule has 0 saturated heterocycles. The quantitative estimate of drug-likeness (QED) is 0.649. The van der Waals surface area contributed by atoms with E-state index in [4.69, 9.17) is 16.3 Å². The molecular weight excluding hydrogens is 344 g/mol. The molecule has 0 aliphatic carbocycles. The zero-order valence-corrected chi connectivity index (χ0v) is 14.3. The van der Waals surface area contributed by atoms with Crippen molar-refractivity contribution in [2.75, 3.05) is 18.2 Å². The molecule has 1 aromatic carbocycles. The van der Waals surface area contributed by atoms with Gasteiger partial charge in [0, 0.05) is 10.6 Å². The normalized spacial score (nSPS) is 10.3. The van der Waals surface area contributed by atoms with Crippen molar-refractivity contribution in [3.05, 3.63) is 40.5 Å². The van der Waals surface area contributed by atoms with E-state index in [1.54, 1.807) is 31.2 Å². The largest absolute Gasteiger partial charge is 0.461 e. The monoisotopic (exact) mass is 356 g/mol. The average molecular weight is 357 g/mol. The molecular formula is C14H13ClN2O3S2. The van der Waals surface area contributed by atoms with E-state index in [1.165, 1.54) is 23.1 Å². The van der Waals surface area contributed by atoms with Gasteiger partial charge < -0.3 is 10.1 Å². The molecule has 0 bridgehead atoms. The van der Waals surface area contributed by atoms with Crippen LogP contribution in [0.2, 0.25) is 5.02 Å². The molecule has 2 aromatic rings. The van der Waals surface area contributed by atoms with Gasteiger partial charge in [0.1, 0.15) is 5.00 Å². The van der Waals surface area contributed by atoms with E-state index < -0.39 is 5.97 Å². The van der Waals surface area contributed by atoms with E-state index in [1.807, 2.05) is 6.26 Å². The van der Waals surface area contributed by atoms with Gasteiger partial charge in [-0.1, -0.05) is 34.7 Å². The molecule has 5 nitrogen and oxygen atoms in total. The molecule has 1 amide bonds. The number of thiazole rings is 1. The third-order valence-electron chi connectivity index (χ3n) is 2.58. The molecule has 22 heavy (non-hydrogen) atoms. The Balaban J connectivity index is 2.24. The molecule has 2 rings (SSSR count). The lowest BCUT2D eigenvalue weighted by Crippen LogP contribution is -2.14. The van der Waals surface area contributed by atoms with E-state index in [2.05, 4.69) is 10.3 Å². The number of ether oxygens (including phenoxy) is 1. The molecule has 0 fully saturated rings. The van der Waals surface area contributed by atoms with Crippen LogP contribution in [0.3, 0.4) is 0 Å². The number of nitrogens with zero attached hydrogens (tertiary/aromatic N) is 1. The summed E-state index contributed by atoms with van der Waals surface area (Å²) in [5, 5.41) is 3.63. The summed E-state index contributed by atoms with van der Waals surface area (Å²) in [5.74, 6) is -0.885. The number of hydrogen-bond donors (Lipinski definition) is 1. The first-order chi connectivity index (χ1) is 10.5. The van der Waals surface area contributed by atoms with Crippen LogP contribution in [0.25, 0.3) is 0 Å². The minimum Gasteiger partial charge on any atom is -0.461 e. The number of esters is 1. The Morgan fingerprint density at radius 1 is 1.36 bits per heavy atom. The Hall–Kier alpha value is -1.57. The highest BCUT2D eigenvalue weighted by molar-refractivity contribution is 8.00. The molecule has 0 saturated carbocycles. The molecule has 0 atom stereocenters. The summed E-state index contributed by atoms with van der Waals surface area (Å²) in [4.78, 5) is 28.3. The fourth-order valence-corrected chi connectivity index (χ4v) is 3.16. The lowest BCUT2D eigenvalue weighted by Gasteiger charge is -2.05. The first kappa shape index (κ1) is 16.8. The van der Waals surface area contributed by atoms with Crippen LogP contribution in [0, 0.1) is 0 Å². The van der Waals surface area contributed by atoms with Crippen molar-refractivity contribution in [1.82, 2.24) is 4.98 Å². The lowest BCUT2D eigenvalue weighted by molar-refractivity contribution is 0.0521. The highest BCUT2D eigenvalue weighted by Crippen LogP contribution is 2.31. The molecule has 0 aliphatic rings. The number of benzene rings is 1. The third kappa shape index (κ3) is 4.00. The summed E-state index contributed by atoms with van der Waals surface area (Å²) in [6, 6.07) is 6.47. The maximum absolute atomic E-state index is 12.2. The van der Waals surface area contributed by atoms with E-state index in [0.29, 0.717) is 19.9 Å². The van der Waals surface area contributed by atoms with Gasteiger partial charge in [0.25, 0.3) is 5.91 Å². The lowest BCUT2D eigenvalue weighted by atomic mass is 10.2. The van der Waals surface area contributed by atoms with Crippen molar-refractivity contribution in [2.24, 2.45) is 0 Å². The molecule has 0 unspecified atom stereocenters. The number of nitrogens with one attached hydrogen (secondary N) is 1. The first-order valence-electron chi connectivity index (χ1n) is 6.34. The van der Waals surface area contributed by atoms with Crippen molar-refractivity contribution in [3.63, 3.8) is 0 Å². The zero-order valence-electron chi connectivity index (χ0n) is 11.9. The fraction of sp³-hybridized carbons (Fsp3) is 0.214. The van der Waals surface area contributed by atoms with E-state index in [-0.39, 0.29) is 18.2 Å². The molecule has 0 radical (unpaired) electrons. The first-order valence-corrected chi connectivity index (χ1v) is 8.76. The summed E-state index contributed by atoms with van der Waals surface area (Å²) in [6.07, 6.45) is 1.85. The second kappa shape index (κ2) is 7.62. The Kier molecular flexibility index (Phi) is 5.82. The van der Waals surface area contributed by atoms with Crippen molar-refractivity contribution >= 4 is 51.6 Å². The Morgan fingerprint density at radius 2 is 2.05 bits per heavy atom. The van der Waals surface area contributed by atoms with Gasteiger partial charge >= 0.3 is 5.97 Å². The fourth-order valence-electron chi connectivity index (χ4n) is 1.59. The number of halogens is 1. The van der Waals surface area contributed by atoms with Gasteiger partial charge in [-0.15, -0.1) is 0 Å². The molecule has 1 heterocycles. The highest BCUT2D eigenvalue weighted by Gasteiger charge is 2.21. The SMILES string of the molecule is CCOC(=O)c1nc(SC)sc1NC(=O)c1ccc(Cl)cc1. The molecule has 1 N–H and O–H groups in total. The average Bonchev–Trinajstić information content (AvgIpc) is 2.91. The number of rotatable bonds is 5. The summed E-state index contributed by atoms with van der Waals surface area (Å²) < 4.78 is 5.63. The van der Waals surface area contributed by atoms with Gasteiger partial charge in [-0.05, 0) is 37.4 Å². The Labute approximate surface area is 141 Å². The summed E-state index contributed by atoms with van der Waals surface area (Å²) in [6.45, 7) is 1.96. The van der Waals surface area contributed by atoms with Crippen LogP contribution in [0.5, 0.6) is 0 Å². The highest BCUT2D eigenvalue weighted by atomic mass is 35.5. The maximum atomic E-state index is 12.2. The van der Waals surface area contributed by atoms with E-state index in [9.17, 15) is 9.59 Å². The number of thioether (sulfide) groups is 1. The van der Waals surface area contributed by atoms with E-state index in [0.717, 1.165) is 0 Å². The van der Waals surface area contributed by atoms with Crippen LogP contribution in [0.15, 0.2) is 28.6 Å².